The van der Waals surface area contributed by atoms with Crippen LogP contribution in [0, 0.1) is 6.92 Å². The minimum atomic E-state index is -0.982. The molecule has 1 aromatic carbocycles. The number of benzene rings is 1. The van der Waals surface area contributed by atoms with Crippen molar-refractivity contribution in [1.29, 1.82) is 0 Å². The van der Waals surface area contributed by atoms with Crippen LogP contribution in [0.15, 0.2) is 24.3 Å². The molecule has 0 aliphatic rings. The van der Waals surface area contributed by atoms with Gasteiger partial charge in [0.05, 0.1) is 0 Å². The van der Waals surface area contributed by atoms with E-state index in [1.807, 2.05) is 31.2 Å². The summed E-state index contributed by atoms with van der Waals surface area (Å²) in [5, 5.41) is 20.1. The van der Waals surface area contributed by atoms with Crippen molar-refractivity contribution in [3.63, 3.8) is 0 Å². The predicted molar refractivity (Wildman–Crippen MR) is 59.4 cm³/mol. The summed E-state index contributed by atoms with van der Waals surface area (Å²) in [6.45, 7) is 1.75. The first-order chi connectivity index (χ1) is 8.15. The molecule has 6 nitrogen and oxygen atoms in total. The summed E-state index contributed by atoms with van der Waals surface area (Å²) >= 11 is 0. The van der Waals surface area contributed by atoms with Crippen molar-refractivity contribution >= 4 is 5.97 Å². The molecular formula is C11H12N4O2. The normalized spacial score (nSPS) is 10.4. The van der Waals surface area contributed by atoms with E-state index in [1.54, 1.807) is 0 Å². The molecule has 2 rings (SSSR count). The Hall–Kier alpha value is -2.24. The van der Waals surface area contributed by atoms with Gasteiger partial charge in [0, 0.05) is 6.42 Å². The van der Waals surface area contributed by atoms with Crippen LogP contribution >= 0.6 is 0 Å². The van der Waals surface area contributed by atoms with Crippen LogP contribution in [-0.4, -0.2) is 31.3 Å². The van der Waals surface area contributed by atoms with Crippen LogP contribution in [-0.2, 0) is 17.8 Å². The van der Waals surface area contributed by atoms with Gasteiger partial charge < -0.3 is 5.11 Å². The molecule has 0 saturated carbocycles. The summed E-state index contributed by atoms with van der Waals surface area (Å²) in [5.74, 6) is -0.453. The van der Waals surface area contributed by atoms with Crippen molar-refractivity contribution < 1.29 is 9.90 Å². The summed E-state index contributed by atoms with van der Waals surface area (Å²) in [4.78, 5) is 11.5. The molecule has 6 heteroatoms. The minimum Gasteiger partial charge on any atom is -0.480 e. The molecule has 17 heavy (non-hydrogen) atoms. The molecule has 0 amide bonds. The highest BCUT2D eigenvalue weighted by Crippen LogP contribution is 2.10. The molecule has 0 unspecified atom stereocenters. The van der Waals surface area contributed by atoms with E-state index in [-0.39, 0.29) is 6.54 Å². The van der Waals surface area contributed by atoms with Gasteiger partial charge in [-0.25, -0.2) is 0 Å². The molecular weight excluding hydrogens is 220 g/mol. The molecule has 0 radical (unpaired) electrons. The summed E-state index contributed by atoms with van der Waals surface area (Å²) < 4.78 is 0. The maximum atomic E-state index is 10.5. The van der Waals surface area contributed by atoms with E-state index < -0.39 is 5.97 Å². The SMILES string of the molecule is Cc1ccccc1Cc1nnn(CC(=O)O)n1. The Balaban J connectivity index is 2.12. The van der Waals surface area contributed by atoms with Crippen LogP contribution in [0.5, 0.6) is 0 Å². The van der Waals surface area contributed by atoms with E-state index >= 15 is 0 Å². The van der Waals surface area contributed by atoms with Gasteiger partial charge in [0.25, 0.3) is 0 Å². The summed E-state index contributed by atoms with van der Waals surface area (Å²) in [7, 11) is 0. The van der Waals surface area contributed by atoms with Gasteiger partial charge in [0.1, 0.15) is 0 Å². The summed E-state index contributed by atoms with van der Waals surface area (Å²) in [5.41, 5.74) is 2.27. The molecule has 0 fully saturated rings. The van der Waals surface area contributed by atoms with Gasteiger partial charge in [0.2, 0.25) is 0 Å². The lowest BCUT2D eigenvalue weighted by molar-refractivity contribution is -0.138. The first-order valence-corrected chi connectivity index (χ1v) is 5.18. The third kappa shape index (κ3) is 2.87. The molecule has 2 aromatic rings. The third-order valence-electron chi connectivity index (χ3n) is 2.38. The second-order valence-electron chi connectivity index (χ2n) is 3.73. The third-order valence-corrected chi connectivity index (χ3v) is 2.38. The van der Waals surface area contributed by atoms with Crippen molar-refractivity contribution in [2.45, 2.75) is 19.9 Å². The molecule has 0 aliphatic heterocycles. The van der Waals surface area contributed by atoms with E-state index in [2.05, 4.69) is 15.4 Å². The first kappa shape index (κ1) is 11.3. The number of hydrogen-bond donors (Lipinski definition) is 1. The van der Waals surface area contributed by atoms with Crippen molar-refractivity contribution in [2.24, 2.45) is 0 Å². The van der Waals surface area contributed by atoms with Crippen molar-refractivity contribution in [2.75, 3.05) is 0 Å². The van der Waals surface area contributed by atoms with Gasteiger partial charge in [-0.3, -0.25) is 4.79 Å². The number of aliphatic carboxylic acids is 1. The van der Waals surface area contributed by atoms with Gasteiger partial charge >= 0.3 is 5.97 Å². The van der Waals surface area contributed by atoms with Crippen LogP contribution < -0.4 is 0 Å². The second-order valence-corrected chi connectivity index (χ2v) is 3.73. The highest BCUT2D eigenvalue weighted by molar-refractivity contribution is 5.66. The molecule has 1 N–H and O–H groups in total. The minimum absolute atomic E-state index is 0.263. The predicted octanol–water partition coefficient (Wildman–Crippen LogP) is 0.657. The monoisotopic (exact) mass is 232 g/mol. The summed E-state index contributed by atoms with van der Waals surface area (Å²) in [6, 6.07) is 7.92. The average molecular weight is 232 g/mol. The number of aryl methyl sites for hydroxylation is 1. The maximum Gasteiger partial charge on any atom is 0.327 e. The Morgan fingerprint density at radius 3 is 2.88 bits per heavy atom. The maximum absolute atomic E-state index is 10.5. The zero-order chi connectivity index (χ0) is 12.3. The number of carbonyl (C=O) groups is 1. The Morgan fingerprint density at radius 1 is 1.41 bits per heavy atom. The molecule has 0 bridgehead atoms. The highest BCUT2D eigenvalue weighted by Gasteiger charge is 2.07. The summed E-state index contributed by atoms with van der Waals surface area (Å²) in [6.07, 6.45) is 0.562. The molecule has 1 heterocycles. The van der Waals surface area contributed by atoms with Crippen LogP contribution in [0.3, 0.4) is 0 Å². The lowest BCUT2D eigenvalue weighted by Crippen LogP contribution is -2.11. The first-order valence-electron chi connectivity index (χ1n) is 5.18. The number of nitrogens with zero attached hydrogens (tertiary/aromatic N) is 4. The second kappa shape index (κ2) is 4.73. The van der Waals surface area contributed by atoms with Gasteiger partial charge in [-0.15, -0.1) is 10.2 Å². The topological polar surface area (TPSA) is 80.9 Å². The number of rotatable bonds is 4. The van der Waals surface area contributed by atoms with Gasteiger partial charge in [0.15, 0.2) is 12.4 Å². The molecule has 0 atom stereocenters. The number of aromatic nitrogens is 4. The zero-order valence-corrected chi connectivity index (χ0v) is 9.37. The lowest BCUT2D eigenvalue weighted by Gasteiger charge is -2.00. The van der Waals surface area contributed by atoms with E-state index in [0.29, 0.717) is 12.2 Å². The van der Waals surface area contributed by atoms with Crippen molar-refractivity contribution in [1.82, 2.24) is 20.2 Å². The van der Waals surface area contributed by atoms with E-state index in [9.17, 15) is 4.79 Å². The molecule has 1 aromatic heterocycles. The van der Waals surface area contributed by atoms with Crippen LogP contribution in [0.2, 0.25) is 0 Å². The molecule has 0 spiro atoms. The molecule has 88 valence electrons. The van der Waals surface area contributed by atoms with Gasteiger partial charge in [-0.2, -0.15) is 4.80 Å². The Bertz CT molecular complexity index is 536. The highest BCUT2D eigenvalue weighted by atomic mass is 16.4. The number of carboxylic acid groups (broad SMARTS) is 1. The van der Waals surface area contributed by atoms with E-state index in [1.165, 1.54) is 0 Å². The van der Waals surface area contributed by atoms with Crippen LogP contribution in [0.4, 0.5) is 0 Å². The number of hydrogen-bond acceptors (Lipinski definition) is 4. The van der Waals surface area contributed by atoms with Crippen molar-refractivity contribution in [3.05, 3.63) is 41.2 Å². The van der Waals surface area contributed by atoms with Crippen LogP contribution in [0.1, 0.15) is 17.0 Å². The quantitative estimate of drug-likeness (QED) is 0.837. The lowest BCUT2D eigenvalue weighted by atomic mass is 10.1. The van der Waals surface area contributed by atoms with Crippen LogP contribution in [0.25, 0.3) is 0 Å². The fourth-order valence-electron chi connectivity index (χ4n) is 1.51. The Morgan fingerprint density at radius 2 is 2.18 bits per heavy atom. The Labute approximate surface area is 97.9 Å². The molecule has 0 aliphatic carbocycles. The largest absolute Gasteiger partial charge is 0.480 e. The zero-order valence-electron chi connectivity index (χ0n) is 9.37. The van der Waals surface area contributed by atoms with Gasteiger partial charge in [-0.05, 0) is 23.3 Å². The molecule has 0 saturated heterocycles. The fraction of sp³-hybridized carbons (Fsp3) is 0.273. The Kier molecular flexibility index (Phi) is 3.13. The number of carboxylic acids is 1. The standard InChI is InChI=1S/C11H12N4O2/c1-8-4-2-3-5-9(8)6-10-12-14-15(13-10)7-11(16)17/h2-5H,6-7H2,1H3,(H,16,17). The van der Waals surface area contributed by atoms with Gasteiger partial charge in [-0.1, -0.05) is 24.3 Å². The van der Waals surface area contributed by atoms with E-state index in [4.69, 9.17) is 5.11 Å². The smallest absolute Gasteiger partial charge is 0.327 e. The van der Waals surface area contributed by atoms with E-state index in [0.717, 1.165) is 15.9 Å². The average Bonchev–Trinajstić information content (AvgIpc) is 2.68. The number of tetrazole rings is 1. The fourth-order valence-corrected chi connectivity index (χ4v) is 1.51. The van der Waals surface area contributed by atoms with Crippen molar-refractivity contribution in [3.8, 4) is 0 Å².